The van der Waals surface area contributed by atoms with E-state index in [1.807, 2.05) is 31.2 Å². The molecule has 0 spiro atoms. The average molecular weight is 534 g/mol. The van der Waals surface area contributed by atoms with Gasteiger partial charge >= 0.3 is 0 Å². The number of aromatic nitrogens is 3. The normalized spacial score (nSPS) is 16.1. The van der Waals surface area contributed by atoms with Crippen molar-refractivity contribution in [1.29, 1.82) is 0 Å². The molecule has 0 amide bonds. The van der Waals surface area contributed by atoms with Crippen molar-refractivity contribution < 1.29 is 14.4 Å². The molecule has 11 heteroatoms. The van der Waals surface area contributed by atoms with Gasteiger partial charge in [-0.15, -0.1) is 11.3 Å². The lowest BCUT2D eigenvalue weighted by atomic mass is 10.2. The Labute approximate surface area is 217 Å². The van der Waals surface area contributed by atoms with Gasteiger partial charge in [-0.3, -0.25) is 9.80 Å². The van der Waals surface area contributed by atoms with Gasteiger partial charge in [-0.05, 0) is 37.3 Å². The van der Waals surface area contributed by atoms with Crippen LogP contribution in [0.15, 0.2) is 40.9 Å². The third-order valence-corrected chi connectivity index (χ3v) is 7.54. The Morgan fingerprint density at radius 3 is 2.66 bits per heavy atom. The van der Waals surface area contributed by atoms with Crippen LogP contribution in [0.25, 0.3) is 21.6 Å². The van der Waals surface area contributed by atoms with Crippen LogP contribution in [0.5, 0.6) is 5.75 Å². The molecule has 1 saturated heterocycles. The zero-order valence-electron chi connectivity index (χ0n) is 19.2. The largest absolute Gasteiger partial charge is 0.491 e. The monoisotopic (exact) mass is 533 g/mol. The number of aliphatic hydroxyl groups excluding tert-OH is 1. The first-order valence-electron chi connectivity index (χ1n) is 11.3. The van der Waals surface area contributed by atoms with Crippen molar-refractivity contribution >= 4 is 44.8 Å². The summed E-state index contributed by atoms with van der Waals surface area (Å²) in [6.45, 7) is 6.75. The van der Waals surface area contributed by atoms with Crippen LogP contribution in [-0.4, -0.2) is 75.5 Å². The second-order valence-electron chi connectivity index (χ2n) is 8.54. The highest BCUT2D eigenvalue weighted by molar-refractivity contribution is 7.18. The van der Waals surface area contributed by atoms with E-state index in [1.165, 1.54) is 0 Å². The first kappa shape index (κ1) is 24.4. The number of ether oxygens (including phenoxy) is 1. The summed E-state index contributed by atoms with van der Waals surface area (Å²) in [5.41, 5.74) is 1.69. The molecule has 1 atom stereocenters. The second-order valence-corrected chi connectivity index (χ2v) is 10.6. The molecule has 184 valence electrons. The van der Waals surface area contributed by atoms with E-state index < -0.39 is 6.10 Å². The van der Waals surface area contributed by atoms with Gasteiger partial charge in [-0.25, -0.2) is 4.98 Å². The molecule has 1 aliphatic rings. The number of aryl methyl sites for hydroxylation is 1. The standard InChI is InChI=1S/C24H25Cl2N5O3S/c1-15-27-21-11-18(3-5-22(21)35-15)33-14-17(32)12-30-6-8-31(9-7-30)13-23-28-24(29-34-23)16-2-4-19(25)20(26)10-16/h2-5,10-11,17,32H,6-9,12-14H2,1H3/t17-/m0/s1. The second kappa shape index (κ2) is 10.8. The fourth-order valence-corrected chi connectivity index (χ4v) is 5.15. The number of hydrogen-bond donors (Lipinski definition) is 1. The SMILES string of the molecule is Cc1nc2cc(OC[C@@H](O)CN3CCN(Cc4nc(-c5ccc(Cl)c(Cl)c5)no4)CC3)ccc2s1. The Kier molecular flexibility index (Phi) is 7.52. The molecule has 0 radical (unpaired) electrons. The molecule has 4 aromatic rings. The quantitative estimate of drug-likeness (QED) is 0.353. The van der Waals surface area contributed by atoms with Crippen molar-refractivity contribution in [2.45, 2.75) is 19.6 Å². The summed E-state index contributed by atoms with van der Waals surface area (Å²) in [6.07, 6.45) is -0.570. The Bertz CT molecular complexity index is 1310. The zero-order chi connectivity index (χ0) is 24.4. The fraction of sp³-hybridized carbons (Fsp3) is 0.375. The summed E-state index contributed by atoms with van der Waals surface area (Å²) < 4.78 is 12.4. The maximum Gasteiger partial charge on any atom is 0.241 e. The van der Waals surface area contributed by atoms with Crippen LogP contribution in [0.4, 0.5) is 0 Å². The molecule has 1 N–H and O–H groups in total. The smallest absolute Gasteiger partial charge is 0.241 e. The van der Waals surface area contributed by atoms with E-state index in [0.717, 1.165) is 52.7 Å². The van der Waals surface area contributed by atoms with Gasteiger partial charge < -0.3 is 14.4 Å². The van der Waals surface area contributed by atoms with Crippen LogP contribution >= 0.6 is 34.5 Å². The van der Waals surface area contributed by atoms with Crippen molar-refractivity contribution in [2.24, 2.45) is 0 Å². The minimum absolute atomic E-state index is 0.244. The molecule has 1 fully saturated rings. The number of halogens is 2. The lowest BCUT2D eigenvalue weighted by molar-refractivity contribution is 0.0426. The summed E-state index contributed by atoms with van der Waals surface area (Å²) in [6, 6.07) is 11.1. The van der Waals surface area contributed by atoms with Gasteiger partial charge in [0.05, 0.1) is 31.8 Å². The topological polar surface area (TPSA) is 87.8 Å². The Morgan fingerprint density at radius 2 is 1.86 bits per heavy atom. The van der Waals surface area contributed by atoms with Crippen LogP contribution in [0, 0.1) is 6.92 Å². The summed E-state index contributed by atoms with van der Waals surface area (Å²) in [4.78, 5) is 13.5. The number of aliphatic hydroxyl groups is 1. The lowest BCUT2D eigenvalue weighted by Gasteiger charge is -2.34. The molecule has 0 unspecified atom stereocenters. The summed E-state index contributed by atoms with van der Waals surface area (Å²) in [5, 5.41) is 16.5. The molecule has 0 bridgehead atoms. The maximum absolute atomic E-state index is 10.5. The van der Waals surface area contributed by atoms with Gasteiger partial charge in [0.1, 0.15) is 18.5 Å². The third kappa shape index (κ3) is 6.11. The average Bonchev–Trinajstić information content (AvgIpc) is 3.46. The third-order valence-electron chi connectivity index (χ3n) is 5.85. The van der Waals surface area contributed by atoms with Crippen LogP contribution in [-0.2, 0) is 6.54 Å². The molecular formula is C24H25Cl2N5O3S. The molecule has 2 aromatic heterocycles. The number of benzene rings is 2. The predicted octanol–water partition coefficient (Wildman–Crippen LogP) is 4.52. The molecule has 1 aliphatic heterocycles. The van der Waals surface area contributed by atoms with Crippen LogP contribution in [0.3, 0.4) is 0 Å². The number of hydrogen-bond acceptors (Lipinski definition) is 9. The molecule has 0 aliphatic carbocycles. The summed E-state index contributed by atoms with van der Waals surface area (Å²) in [7, 11) is 0. The zero-order valence-corrected chi connectivity index (χ0v) is 21.5. The van der Waals surface area contributed by atoms with E-state index in [0.29, 0.717) is 34.8 Å². The minimum atomic E-state index is -0.570. The molecule has 8 nitrogen and oxygen atoms in total. The highest BCUT2D eigenvalue weighted by Crippen LogP contribution is 2.27. The van der Waals surface area contributed by atoms with Crippen LogP contribution in [0.2, 0.25) is 10.0 Å². The number of rotatable bonds is 8. The van der Waals surface area contributed by atoms with Crippen molar-refractivity contribution in [3.8, 4) is 17.1 Å². The first-order chi connectivity index (χ1) is 16.9. The molecular weight excluding hydrogens is 509 g/mol. The van der Waals surface area contributed by atoms with Crippen molar-refractivity contribution in [3.63, 3.8) is 0 Å². The highest BCUT2D eigenvalue weighted by Gasteiger charge is 2.21. The molecule has 0 saturated carbocycles. The van der Waals surface area contributed by atoms with Gasteiger partial charge in [-0.2, -0.15) is 4.98 Å². The van der Waals surface area contributed by atoms with E-state index in [-0.39, 0.29) is 6.61 Å². The van der Waals surface area contributed by atoms with Crippen LogP contribution < -0.4 is 4.74 Å². The van der Waals surface area contributed by atoms with Gasteiger partial charge in [0, 0.05) is 44.4 Å². The summed E-state index contributed by atoms with van der Waals surface area (Å²) in [5.74, 6) is 1.77. The van der Waals surface area contributed by atoms with E-state index in [4.69, 9.17) is 32.5 Å². The van der Waals surface area contributed by atoms with Crippen molar-refractivity contribution in [1.82, 2.24) is 24.9 Å². The predicted molar refractivity (Wildman–Crippen MR) is 137 cm³/mol. The van der Waals surface area contributed by atoms with E-state index >= 15 is 0 Å². The Morgan fingerprint density at radius 1 is 1.06 bits per heavy atom. The highest BCUT2D eigenvalue weighted by atomic mass is 35.5. The van der Waals surface area contributed by atoms with Crippen molar-refractivity contribution in [2.75, 3.05) is 39.3 Å². The van der Waals surface area contributed by atoms with Crippen LogP contribution in [0.1, 0.15) is 10.9 Å². The molecule has 5 rings (SSSR count). The Hall–Kier alpha value is -2.27. The van der Waals surface area contributed by atoms with Gasteiger partial charge in [0.25, 0.3) is 0 Å². The number of β-amino-alcohol motifs (C(OH)–C–C–N with tert-alkyl or cyclic N) is 1. The lowest BCUT2D eigenvalue weighted by Crippen LogP contribution is -2.48. The number of nitrogens with zero attached hydrogens (tertiary/aromatic N) is 5. The Balaban J connectivity index is 1.06. The van der Waals surface area contributed by atoms with E-state index in [1.54, 1.807) is 23.5 Å². The van der Waals surface area contributed by atoms with Crippen molar-refractivity contribution in [3.05, 3.63) is 57.3 Å². The van der Waals surface area contributed by atoms with Gasteiger partial charge in [0.15, 0.2) is 0 Å². The van der Waals surface area contributed by atoms with E-state index in [9.17, 15) is 5.11 Å². The molecule has 35 heavy (non-hydrogen) atoms. The molecule has 2 aromatic carbocycles. The minimum Gasteiger partial charge on any atom is -0.491 e. The number of thiazole rings is 1. The first-order valence-corrected chi connectivity index (χ1v) is 12.9. The van der Waals surface area contributed by atoms with Gasteiger partial charge in [0.2, 0.25) is 11.7 Å². The van der Waals surface area contributed by atoms with E-state index in [2.05, 4.69) is 24.9 Å². The maximum atomic E-state index is 10.5. The summed E-state index contributed by atoms with van der Waals surface area (Å²) >= 11 is 13.7. The number of piperazine rings is 1. The molecule has 3 heterocycles. The number of fused-ring (bicyclic) bond motifs is 1. The fourth-order valence-electron chi connectivity index (χ4n) is 4.05. The van der Waals surface area contributed by atoms with Gasteiger partial charge in [-0.1, -0.05) is 28.4 Å².